The van der Waals surface area contributed by atoms with Crippen molar-refractivity contribution in [3.05, 3.63) is 83.2 Å². The first-order valence-corrected chi connectivity index (χ1v) is 15.1. The number of halogens is 5. The third-order valence-corrected chi connectivity index (χ3v) is 8.69. The van der Waals surface area contributed by atoms with Crippen LogP contribution in [0.15, 0.2) is 65.6 Å². The number of carbonyl (C=O) groups excluding carboxylic acids is 1. The van der Waals surface area contributed by atoms with E-state index >= 15 is 0 Å². The Morgan fingerprint density at radius 2 is 1.80 bits per heavy atom. The van der Waals surface area contributed by atoms with Crippen molar-refractivity contribution in [3.8, 4) is 11.5 Å². The summed E-state index contributed by atoms with van der Waals surface area (Å²) in [4.78, 5) is 27.9. The lowest BCUT2D eigenvalue weighted by molar-refractivity contribution is -0.287. The van der Waals surface area contributed by atoms with Gasteiger partial charge < -0.3 is 29.2 Å². The Morgan fingerprint density at radius 1 is 1.09 bits per heavy atom. The molecule has 2 heterocycles. The lowest BCUT2D eigenvalue weighted by atomic mass is 10.1. The van der Waals surface area contributed by atoms with E-state index in [4.69, 9.17) is 9.84 Å². The van der Waals surface area contributed by atoms with Crippen LogP contribution in [-0.4, -0.2) is 60.2 Å². The number of hydrogen-bond donors (Lipinski definition) is 2. The van der Waals surface area contributed by atoms with E-state index in [2.05, 4.69) is 19.8 Å². The highest BCUT2D eigenvalue weighted by molar-refractivity contribution is 7.91. The van der Waals surface area contributed by atoms with Crippen molar-refractivity contribution in [3.63, 3.8) is 0 Å². The largest absolute Gasteiger partial charge is 0.586 e. The van der Waals surface area contributed by atoms with Gasteiger partial charge >= 0.3 is 18.4 Å². The van der Waals surface area contributed by atoms with Crippen LogP contribution in [0.25, 0.3) is 11.0 Å². The number of carbonyl (C=O) groups is 2. The molecule has 2 N–H and O–H groups in total. The van der Waals surface area contributed by atoms with Gasteiger partial charge in [0.15, 0.2) is 21.3 Å². The molecule has 1 atom stereocenters. The number of rotatable bonds is 11. The first-order chi connectivity index (χ1) is 21.6. The van der Waals surface area contributed by atoms with Crippen molar-refractivity contribution in [2.45, 2.75) is 36.9 Å². The summed E-state index contributed by atoms with van der Waals surface area (Å²) in [5.74, 6) is -4.32. The van der Waals surface area contributed by atoms with Crippen LogP contribution in [0.5, 0.6) is 11.5 Å². The molecule has 1 unspecified atom stereocenters. The van der Waals surface area contributed by atoms with E-state index in [-0.39, 0.29) is 45.2 Å². The number of fused-ring (bicyclic) bond motifs is 2. The smallest absolute Gasteiger partial charge is 0.480 e. The Bertz CT molecular complexity index is 1910. The maximum Gasteiger partial charge on any atom is 0.586 e. The molecule has 1 amide bonds. The molecule has 0 spiro atoms. The van der Waals surface area contributed by atoms with Gasteiger partial charge in [0.2, 0.25) is 5.82 Å². The van der Waals surface area contributed by atoms with Gasteiger partial charge in [-0.15, -0.1) is 8.78 Å². The van der Waals surface area contributed by atoms with E-state index in [0.717, 1.165) is 10.6 Å². The Labute approximate surface area is 257 Å². The van der Waals surface area contributed by atoms with Crippen molar-refractivity contribution in [2.75, 3.05) is 19.0 Å². The predicted octanol–water partition coefficient (Wildman–Crippen LogP) is 4.79. The quantitative estimate of drug-likeness (QED) is 0.215. The SMILES string of the molecule is CCS(=O)(=O)c1ccc(C(COCC(=O)O)NC(=O)c2ccc3c(c2)nc(C(F)(F)F)n3Cc2cccc3c2OC(F)(F)O3)cc1. The zero-order chi connectivity index (χ0) is 33.4. The van der Waals surface area contributed by atoms with Gasteiger partial charge in [0.25, 0.3) is 5.91 Å². The summed E-state index contributed by atoms with van der Waals surface area (Å²) in [5, 5.41) is 11.6. The Kier molecular flexibility index (Phi) is 8.65. The van der Waals surface area contributed by atoms with Crippen LogP contribution in [0.2, 0.25) is 0 Å². The Hall–Kier alpha value is -4.77. The fourth-order valence-corrected chi connectivity index (χ4v) is 5.65. The van der Waals surface area contributed by atoms with Crippen molar-refractivity contribution in [1.82, 2.24) is 14.9 Å². The number of aromatic nitrogens is 2. The molecule has 1 aromatic heterocycles. The highest BCUT2D eigenvalue weighted by Gasteiger charge is 2.45. The fraction of sp³-hybridized carbons (Fsp3) is 0.276. The summed E-state index contributed by atoms with van der Waals surface area (Å²) in [5.41, 5.74) is -0.0886. The van der Waals surface area contributed by atoms with Crippen LogP contribution in [0.3, 0.4) is 0 Å². The number of aliphatic carboxylic acids is 1. The van der Waals surface area contributed by atoms with Crippen molar-refractivity contribution in [1.29, 1.82) is 0 Å². The highest BCUT2D eigenvalue weighted by Crippen LogP contribution is 2.44. The second kappa shape index (κ2) is 12.2. The molecule has 3 aromatic carbocycles. The second-order valence-electron chi connectivity index (χ2n) is 10.0. The standard InChI is InChI=1S/C29H24F5N3O8S/c1-2-46(41,42)19-9-6-16(7-10-19)21(14-43-15-24(38)39)35-26(40)17-8-11-22-20(12-17)36-27(28(30,31)32)37(22)13-18-4-3-5-23-25(18)45-29(33,34)44-23/h3-12,21H,2,13-15H2,1H3,(H,35,40)(H,38,39). The number of amides is 1. The monoisotopic (exact) mass is 669 g/mol. The van der Waals surface area contributed by atoms with Crippen LogP contribution < -0.4 is 14.8 Å². The zero-order valence-corrected chi connectivity index (χ0v) is 24.5. The van der Waals surface area contributed by atoms with Crippen LogP contribution in [0.1, 0.15) is 40.3 Å². The molecule has 1 aliphatic rings. The number of nitrogens with zero attached hydrogens (tertiary/aromatic N) is 2. The summed E-state index contributed by atoms with van der Waals surface area (Å²) in [6.45, 7) is -0.134. The van der Waals surface area contributed by atoms with Gasteiger partial charge in [-0.25, -0.2) is 18.2 Å². The first-order valence-electron chi connectivity index (χ1n) is 13.5. The number of hydrogen-bond acceptors (Lipinski definition) is 8. The minimum atomic E-state index is -4.97. The number of para-hydroxylation sites is 1. The topological polar surface area (TPSA) is 146 Å². The normalized spacial score (nSPS) is 14.7. The van der Waals surface area contributed by atoms with E-state index in [1.807, 2.05) is 0 Å². The van der Waals surface area contributed by atoms with E-state index in [1.165, 1.54) is 61.5 Å². The second-order valence-corrected chi connectivity index (χ2v) is 12.3. The molecule has 5 rings (SSSR count). The van der Waals surface area contributed by atoms with Gasteiger partial charge in [0, 0.05) is 11.1 Å². The zero-order valence-electron chi connectivity index (χ0n) is 23.7. The van der Waals surface area contributed by atoms with Gasteiger partial charge in [0.1, 0.15) is 6.61 Å². The number of alkyl halides is 5. The molecule has 0 aliphatic carbocycles. The molecular formula is C29H24F5N3O8S. The summed E-state index contributed by atoms with van der Waals surface area (Å²) in [6.07, 6.45) is -8.96. The molecule has 244 valence electrons. The molecule has 17 heteroatoms. The molecule has 4 aromatic rings. The molecule has 0 bridgehead atoms. The van der Waals surface area contributed by atoms with Crippen LogP contribution in [0.4, 0.5) is 22.0 Å². The van der Waals surface area contributed by atoms with Crippen LogP contribution in [-0.2, 0) is 32.1 Å². The highest BCUT2D eigenvalue weighted by atomic mass is 32.2. The average molecular weight is 670 g/mol. The minimum absolute atomic E-state index is 0.0324. The van der Waals surface area contributed by atoms with Gasteiger partial charge in [0.05, 0.1) is 40.9 Å². The third kappa shape index (κ3) is 6.89. The molecule has 0 radical (unpaired) electrons. The maximum absolute atomic E-state index is 14.1. The van der Waals surface area contributed by atoms with Crippen molar-refractivity contribution in [2.24, 2.45) is 0 Å². The van der Waals surface area contributed by atoms with Gasteiger partial charge in [-0.2, -0.15) is 13.2 Å². The molecule has 0 fully saturated rings. The minimum Gasteiger partial charge on any atom is -0.480 e. The lowest BCUT2D eigenvalue weighted by Crippen LogP contribution is -2.32. The number of carboxylic acids is 1. The molecule has 11 nitrogen and oxygen atoms in total. The molecular weight excluding hydrogens is 645 g/mol. The van der Waals surface area contributed by atoms with Crippen LogP contribution >= 0.6 is 0 Å². The number of ether oxygens (including phenoxy) is 3. The van der Waals surface area contributed by atoms with Crippen LogP contribution in [0, 0.1) is 0 Å². The fourth-order valence-electron chi connectivity index (χ4n) is 4.77. The number of imidazole rings is 1. The first kappa shape index (κ1) is 32.6. The number of sulfone groups is 1. The summed E-state index contributed by atoms with van der Waals surface area (Å²) >= 11 is 0. The number of carboxylic acid groups (broad SMARTS) is 1. The maximum atomic E-state index is 14.1. The van der Waals surface area contributed by atoms with Crippen molar-refractivity contribution >= 4 is 32.7 Å². The number of nitrogens with one attached hydrogen (secondary N) is 1. The van der Waals surface area contributed by atoms with E-state index in [0.29, 0.717) is 5.56 Å². The molecule has 0 saturated heterocycles. The van der Waals surface area contributed by atoms with E-state index in [9.17, 15) is 40.0 Å². The Morgan fingerprint density at radius 3 is 2.46 bits per heavy atom. The Balaban J connectivity index is 1.45. The van der Waals surface area contributed by atoms with E-state index in [1.54, 1.807) is 0 Å². The lowest BCUT2D eigenvalue weighted by Gasteiger charge is -2.19. The molecule has 0 saturated carbocycles. The van der Waals surface area contributed by atoms with Gasteiger partial charge in [-0.05, 0) is 42.0 Å². The summed E-state index contributed by atoms with van der Waals surface area (Å²) in [7, 11) is -3.53. The predicted molar refractivity (Wildman–Crippen MR) is 149 cm³/mol. The molecule has 1 aliphatic heterocycles. The number of benzene rings is 3. The average Bonchev–Trinajstić information content (AvgIpc) is 3.52. The summed E-state index contributed by atoms with van der Waals surface area (Å²) < 4.78 is 109. The van der Waals surface area contributed by atoms with Gasteiger partial charge in [-0.1, -0.05) is 31.2 Å². The van der Waals surface area contributed by atoms with Gasteiger partial charge in [-0.3, -0.25) is 4.79 Å². The third-order valence-electron chi connectivity index (χ3n) is 6.94. The molecule has 46 heavy (non-hydrogen) atoms. The van der Waals surface area contributed by atoms with E-state index < -0.39 is 65.0 Å². The van der Waals surface area contributed by atoms with Crippen molar-refractivity contribution < 1.29 is 59.3 Å². The summed E-state index contributed by atoms with van der Waals surface area (Å²) in [6, 6.07) is 11.8.